The topological polar surface area (TPSA) is 47.9 Å². The molecule has 0 bridgehead atoms. The first-order valence-corrected chi connectivity index (χ1v) is 24.1. The molecular weight excluding hydrogens is 649 g/mol. The van der Waals surface area contributed by atoms with Crippen molar-refractivity contribution in [2.45, 2.75) is 172 Å². The predicted molar refractivity (Wildman–Crippen MR) is 214 cm³/mol. The summed E-state index contributed by atoms with van der Waals surface area (Å²) >= 11 is 4.00. The molecule has 2 heterocycles. The van der Waals surface area contributed by atoms with Crippen LogP contribution in [0.3, 0.4) is 0 Å². The lowest BCUT2D eigenvalue weighted by Gasteiger charge is -2.45. The van der Waals surface area contributed by atoms with Crippen molar-refractivity contribution in [1.29, 1.82) is 0 Å². The predicted octanol–water partition coefficient (Wildman–Crippen LogP) is 11.7. The minimum Gasteiger partial charge on any atom is -0.414 e. The van der Waals surface area contributed by atoms with Crippen LogP contribution in [-0.2, 0) is 20.5 Å². The molecular formula is C41H72O4S2Si. The van der Waals surface area contributed by atoms with Crippen molar-refractivity contribution in [3.05, 3.63) is 48.0 Å². The molecule has 0 spiro atoms. The van der Waals surface area contributed by atoms with Gasteiger partial charge in [-0.3, -0.25) is 0 Å². The summed E-state index contributed by atoms with van der Waals surface area (Å²) in [4.78, 5) is 0. The summed E-state index contributed by atoms with van der Waals surface area (Å²) in [5.41, 5.74) is 2.52. The normalized spacial score (nSPS) is 24.2. The zero-order valence-corrected chi connectivity index (χ0v) is 34.9. The van der Waals surface area contributed by atoms with Gasteiger partial charge in [-0.15, -0.1) is 23.5 Å². The van der Waals surface area contributed by atoms with Gasteiger partial charge in [0, 0.05) is 19.1 Å². The number of hydrogen-bond acceptors (Lipinski definition) is 6. The van der Waals surface area contributed by atoms with E-state index in [-0.39, 0.29) is 21.3 Å². The Hall–Kier alpha value is -0.283. The molecule has 2 aliphatic heterocycles. The van der Waals surface area contributed by atoms with Gasteiger partial charge in [0.2, 0.25) is 0 Å². The molecule has 2 fully saturated rings. The number of hydrogen-bond donors (Lipinski definition) is 1. The second kappa shape index (κ2) is 20.1. The average Bonchev–Trinajstić information content (AvgIpc) is 3.37. The summed E-state index contributed by atoms with van der Waals surface area (Å²) < 4.78 is 19.3. The van der Waals surface area contributed by atoms with E-state index in [0.29, 0.717) is 30.5 Å². The molecule has 0 saturated carbocycles. The largest absolute Gasteiger partial charge is 0.414 e. The minimum absolute atomic E-state index is 0.146. The van der Waals surface area contributed by atoms with Gasteiger partial charge in [-0.05, 0) is 97.9 Å². The summed E-state index contributed by atoms with van der Waals surface area (Å²) in [6, 6.07) is 10.4. The van der Waals surface area contributed by atoms with Crippen LogP contribution in [-0.4, -0.2) is 60.0 Å². The Morgan fingerprint density at radius 1 is 1.08 bits per heavy atom. The first-order valence-electron chi connectivity index (χ1n) is 19.2. The standard InChI is InChI=1S/C41H72O4S2Si/c1-11-18-36(45-48(9,10)40(6,7)8)26-32(3)25-34(5)41(46-23-17-24-47-41)39(42)28-37-27-33(4)38(44-37)22-16-15-19-31(2)29-43-30-35-20-13-12-14-21-35/h12-14,20-21,31,33-34,36-39,42H,3,11,15-19,22-30H2,1-2,4-10H3/t31-,33-,34+,36+,37+,38-,39+/m0/s1. The Labute approximate surface area is 305 Å². The summed E-state index contributed by atoms with van der Waals surface area (Å²) in [5, 5.41) is 12.2. The second-order valence-electron chi connectivity index (χ2n) is 16.8. The highest BCUT2D eigenvalue weighted by molar-refractivity contribution is 8.18. The van der Waals surface area contributed by atoms with Crippen molar-refractivity contribution < 1.29 is 19.0 Å². The fourth-order valence-electron chi connectivity index (χ4n) is 7.26. The number of aliphatic hydroxyl groups excluding tert-OH is 1. The third-order valence-corrected chi connectivity index (χ3v) is 19.6. The molecule has 7 atom stereocenters. The fourth-order valence-corrected chi connectivity index (χ4v) is 12.2. The lowest BCUT2D eigenvalue weighted by atomic mass is 9.89. The van der Waals surface area contributed by atoms with Crippen LogP contribution in [0.1, 0.15) is 125 Å². The number of thioether (sulfide) groups is 2. The van der Waals surface area contributed by atoms with Gasteiger partial charge in [0.25, 0.3) is 0 Å². The van der Waals surface area contributed by atoms with E-state index in [1.807, 2.05) is 29.6 Å². The molecule has 0 amide bonds. The van der Waals surface area contributed by atoms with Crippen LogP contribution >= 0.6 is 23.5 Å². The monoisotopic (exact) mass is 720 g/mol. The van der Waals surface area contributed by atoms with Gasteiger partial charge in [-0.1, -0.05) is 110 Å². The van der Waals surface area contributed by atoms with Crippen molar-refractivity contribution in [2.75, 3.05) is 18.1 Å². The van der Waals surface area contributed by atoms with Crippen LogP contribution < -0.4 is 0 Å². The Balaban J connectivity index is 1.47. The van der Waals surface area contributed by atoms with Crippen molar-refractivity contribution in [2.24, 2.45) is 17.8 Å². The van der Waals surface area contributed by atoms with Crippen LogP contribution in [0, 0.1) is 17.8 Å². The maximum Gasteiger partial charge on any atom is 0.192 e. The Kier molecular flexibility index (Phi) is 17.6. The van der Waals surface area contributed by atoms with Crippen LogP contribution in [0.2, 0.25) is 18.1 Å². The van der Waals surface area contributed by atoms with Crippen molar-refractivity contribution in [1.82, 2.24) is 0 Å². The summed E-state index contributed by atoms with van der Waals surface area (Å²) in [7, 11) is -1.85. The summed E-state index contributed by atoms with van der Waals surface area (Å²) in [6.07, 6.45) is 12.1. The molecule has 1 aromatic carbocycles. The molecule has 48 heavy (non-hydrogen) atoms. The van der Waals surface area contributed by atoms with E-state index in [0.717, 1.165) is 63.1 Å². The van der Waals surface area contributed by atoms with Crippen LogP contribution in [0.4, 0.5) is 0 Å². The molecule has 3 rings (SSSR count). The summed E-state index contributed by atoms with van der Waals surface area (Å²) in [6.45, 7) is 27.1. The Morgan fingerprint density at radius 3 is 2.42 bits per heavy atom. The molecule has 4 nitrogen and oxygen atoms in total. The second-order valence-corrected chi connectivity index (χ2v) is 24.5. The third-order valence-electron chi connectivity index (χ3n) is 11.2. The Morgan fingerprint density at radius 2 is 1.77 bits per heavy atom. The first-order chi connectivity index (χ1) is 22.7. The highest BCUT2D eigenvalue weighted by Gasteiger charge is 2.47. The van der Waals surface area contributed by atoms with Gasteiger partial charge in [0.1, 0.15) is 0 Å². The first kappa shape index (κ1) is 42.1. The van der Waals surface area contributed by atoms with Gasteiger partial charge in [-0.2, -0.15) is 0 Å². The number of rotatable bonds is 21. The zero-order chi connectivity index (χ0) is 35.4. The number of aliphatic hydroxyl groups is 1. The van der Waals surface area contributed by atoms with E-state index < -0.39 is 14.4 Å². The smallest absolute Gasteiger partial charge is 0.192 e. The number of unbranched alkanes of at least 4 members (excludes halogenated alkanes) is 1. The molecule has 1 N–H and O–H groups in total. The third kappa shape index (κ3) is 13.0. The molecule has 7 heteroatoms. The van der Waals surface area contributed by atoms with Gasteiger partial charge < -0.3 is 19.0 Å². The van der Waals surface area contributed by atoms with E-state index in [2.05, 4.69) is 92.4 Å². The lowest BCUT2D eigenvalue weighted by Crippen LogP contribution is -2.46. The quantitative estimate of drug-likeness (QED) is 0.0775. The molecule has 2 aliphatic rings. The van der Waals surface area contributed by atoms with Gasteiger partial charge in [-0.25, -0.2) is 0 Å². The van der Waals surface area contributed by atoms with Crippen molar-refractivity contribution in [3.63, 3.8) is 0 Å². The fraction of sp³-hybridized carbons (Fsp3) is 0.805. The molecule has 0 aromatic heterocycles. The average molecular weight is 721 g/mol. The van der Waals surface area contributed by atoms with Gasteiger partial charge >= 0.3 is 0 Å². The lowest BCUT2D eigenvalue weighted by molar-refractivity contribution is -0.00248. The molecule has 0 unspecified atom stereocenters. The number of benzene rings is 1. The SMILES string of the molecule is C=C(C[C@@H](CCC)O[Si](C)(C)C(C)(C)C)C[C@@H](C)C1([C@H](O)C[C@H]2C[C@H](C)[C@H](CCCC[C@H](C)COCc3ccccc3)O2)SCCCS1. The van der Waals surface area contributed by atoms with Crippen molar-refractivity contribution in [3.8, 4) is 0 Å². The van der Waals surface area contributed by atoms with E-state index in [4.69, 9.17) is 13.9 Å². The van der Waals surface area contributed by atoms with E-state index in [1.54, 1.807) is 0 Å². The maximum atomic E-state index is 12.0. The highest BCUT2D eigenvalue weighted by Crippen LogP contribution is 2.53. The van der Waals surface area contributed by atoms with E-state index >= 15 is 0 Å². The van der Waals surface area contributed by atoms with Crippen LogP contribution in [0.5, 0.6) is 0 Å². The van der Waals surface area contributed by atoms with Crippen molar-refractivity contribution >= 4 is 31.8 Å². The van der Waals surface area contributed by atoms with Gasteiger partial charge in [0.05, 0.1) is 29.0 Å². The van der Waals surface area contributed by atoms with Crippen LogP contribution in [0.15, 0.2) is 42.5 Å². The number of ether oxygens (including phenoxy) is 2. The Bertz CT molecular complexity index is 1050. The molecule has 1 aromatic rings. The van der Waals surface area contributed by atoms with E-state index in [1.165, 1.54) is 36.8 Å². The zero-order valence-electron chi connectivity index (χ0n) is 32.2. The molecule has 0 radical (unpaired) electrons. The minimum atomic E-state index is -1.85. The van der Waals surface area contributed by atoms with Crippen LogP contribution in [0.25, 0.3) is 0 Å². The molecule has 0 aliphatic carbocycles. The molecule has 276 valence electrons. The maximum absolute atomic E-state index is 12.0. The summed E-state index contributed by atoms with van der Waals surface area (Å²) in [5.74, 6) is 3.69. The highest BCUT2D eigenvalue weighted by atomic mass is 32.2. The van der Waals surface area contributed by atoms with E-state index in [9.17, 15) is 5.11 Å². The molecule has 2 saturated heterocycles. The van der Waals surface area contributed by atoms with Gasteiger partial charge in [0.15, 0.2) is 8.32 Å².